The lowest BCUT2D eigenvalue weighted by molar-refractivity contribution is -0.156. The Balaban J connectivity index is 2.03. The molecule has 0 radical (unpaired) electrons. The Bertz CT molecular complexity index is 565. The molecular formula is C19H28N2O3. The van der Waals surface area contributed by atoms with Gasteiger partial charge in [-0.3, -0.25) is 9.59 Å². The number of ether oxygens (including phenoxy) is 1. The molecule has 1 aliphatic heterocycles. The van der Waals surface area contributed by atoms with E-state index in [2.05, 4.69) is 5.32 Å². The lowest BCUT2D eigenvalue weighted by Crippen LogP contribution is -2.50. The summed E-state index contributed by atoms with van der Waals surface area (Å²) in [5.74, 6) is 0.0376. The van der Waals surface area contributed by atoms with Crippen LogP contribution in [-0.4, -0.2) is 43.0 Å². The van der Waals surface area contributed by atoms with Crippen molar-refractivity contribution in [3.8, 4) is 0 Å². The highest BCUT2D eigenvalue weighted by molar-refractivity contribution is 5.87. The van der Waals surface area contributed by atoms with Gasteiger partial charge >= 0.3 is 0 Å². The second-order valence-electron chi connectivity index (χ2n) is 6.83. The molecule has 5 heteroatoms. The molecular weight excluding hydrogens is 304 g/mol. The first kappa shape index (κ1) is 18.5. The van der Waals surface area contributed by atoms with Crippen LogP contribution >= 0.6 is 0 Å². The van der Waals surface area contributed by atoms with E-state index in [1.165, 1.54) is 0 Å². The summed E-state index contributed by atoms with van der Waals surface area (Å²) in [6.07, 6.45) is 1.39. The molecule has 1 aromatic rings. The number of piperidine rings is 1. The molecule has 5 nitrogen and oxygen atoms in total. The smallest absolute Gasteiger partial charge is 0.259 e. The van der Waals surface area contributed by atoms with Gasteiger partial charge in [-0.15, -0.1) is 0 Å². The average molecular weight is 332 g/mol. The Morgan fingerprint density at radius 2 is 1.79 bits per heavy atom. The van der Waals surface area contributed by atoms with Gasteiger partial charge in [0.25, 0.3) is 5.91 Å². The zero-order chi connectivity index (χ0) is 17.7. The predicted octanol–water partition coefficient (Wildman–Crippen LogP) is 2.31. The van der Waals surface area contributed by atoms with Crippen LogP contribution in [0.25, 0.3) is 0 Å². The highest BCUT2D eigenvalue weighted by Gasteiger charge is 2.40. The number of carbonyl (C=O) groups excluding carboxylic acids is 2. The fraction of sp³-hybridized carbons (Fsp3) is 0.579. The molecule has 1 atom stereocenters. The first-order chi connectivity index (χ1) is 11.4. The van der Waals surface area contributed by atoms with Gasteiger partial charge < -0.3 is 15.0 Å². The quantitative estimate of drug-likeness (QED) is 0.900. The van der Waals surface area contributed by atoms with Crippen molar-refractivity contribution in [1.82, 2.24) is 10.2 Å². The summed E-state index contributed by atoms with van der Waals surface area (Å²) in [7, 11) is 1.56. The van der Waals surface area contributed by atoms with Crippen molar-refractivity contribution in [1.29, 1.82) is 0 Å². The summed E-state index contributed by atoms with van der Waals surface area (Å²) in [6, 6.07) is 9.69. The second-order valence-corrected chi connectivity index (χ2v) is 6.83. The number of nitrogens with zero attached hydrogens (tertiary/aromatic N) is 1. The zero-order valence-electron chi connectivity index (χ0n) is 15.0. The molecule has 0 saturated carbocycles. The molecule has 0 aromatic heterocycles. The third-order valence-corrected chi connectivity index (χ3v) is 4.72. The van der Waals surface area contributed by atoms with Crippen molar-refractivity contribution in [2.75, 3.05) is 20.2 Å². The van der Waals surface area contributed by atoms with Gasteiger partial charge in [-0.05, 0) is 39.2 Å². The first-order valence-corrected chi connectivity index (χ1v) is 8.59. The molecule has 1 aromatic carbocycles. The molecule has 24 heavy (non-hydrogen) atoms. The van der Waals surface area contributed by atoms with Gasteiger partial charge in [-0.2, -0.15) is 0 Å². The molecule has 1 fully saturated rings. The van der Waals surface area contributed by atoms with E-state index in [-0.39, 0.29) is 23.8 Å². The molecule has 132 valence electrons. The molecule has 1 aliphatic rings. The maximum absolute atomic E-state index is 13.0. The van der Waals surface area contributed by atoms with Crippen molar-refractivity contribution in [2.24, 2.45) is 5.92 Å². The monoisotopic (exact) mass is 332 g/mol. The normalized spacial score (nSPS) is 18.3. The van der Waals surface area contributed by atoms with E-state index < -0.39 is 5.60 Å². The van der Waals surface area contributed by atoms with Gasteiger partial charge in [0, 0.05) is 32.2 Å². The van der Waals surface area contributed by atoms with Crippen LogP contribution in [0.2, 0.25) is 0 Å². The average Bonchev–Trinajstić information content (AvgIpc) is 2.60. The number of hydrogen-bond donors (Lipinski definition) is 1. The fourth-order valence-electron chi connectivity index (χ4n) is 3.13. The number of carbonyl (C=O) groups is 2. The maximum Gasteiger partial charge on any atom is 0.259 e. The van der Waals surface area contributed by atoms with Crippen molar-refractivity contribution >= 4 is 11.8 Å². The Morgan fingerprint density at radius 3 is 2.29 bits per heavy atom. The van der Waals surface area contributed by atoms with E-state index in [4.69, 9.17) is 4.74 Å². The van der Waals surface area contributed by atoms with E-state index in [1.807, 2.05) is 56.0 Å². The minimum absolute atomic E-state index is 0.0121. The highest BCUT2D eigenvalue weighted by atomic mass is 16.5. The number of likely N-dealkylation sites (tertiary alicyclic amines) is 1. The van der Waals surface area contributed by atoms with Gasteiger partial charge in [-0.1, -0.05) is 30.3 Å². The summed E-state index contributed by atoms with van der Waals surface area (Å²) in [5, 5.41) is 2.96. The van der Waals surface area contributed by atoms with Crippen LogP contribution in [0.3, 0.4) is 0 Å². The summed E-state index contributed by atoms with van der Waals surface area (Å²) in [6.45, 7) is 6.89. The number of nitrogens with one attached hydrogen (secondary N) is 1. The second kappa shape index (κ2) is 7.79. The lowest BCUT2D eigenvalue weighted by atomic mass is 9.90. The first-order valence-electron chi connectivity index (χ1n) is 8.59. The SMILES string of the molecule is CO[C@@](C)(C(=O)N1CCC(C(=O)NC(C)C)CC1)c1ccccc1. The van der Waals surface area contributed by atoms with Crippen LogP contribution in [0, 0.1) is 5.92 Å². The van der Waals surface area contributed by atoms with Crippen LogP contribution in [0.4, 0.5) is 0 Å². The molecule has 0 spiro atoms. The molecule has 1 N–H and O–H groups in total. The van der Waals surface area contributed by atoms with E-state index in [9.17, 15) is 9.59 Å². The van der Waals surface area contributed by atoms with Gasteiger partial charge in [0.15, 0.2) is 5.60 Å². The number of rotatable bonds is 5. The predicted molar refractivity (Wildman–Crippen MR) is 93.4 cm³/mol. The molecule has 1 saturated heterocycles. The van der Waals surface area contributed by atoms with Crippen molar-refractivity contribution in [2.45, 2.75) is 45.3 Å². The summed E-state index contributed by atoms with van der Waals surface area (Å²) >= 11 is 0. The summed E-state index contributed by atoms with van der Waals surface area (Å²) in [4.78, 5) is 26.9. The van der Waals surface area contributed by atoms with Crippen molar-refractivity contribution < 1.29 is 14.3 Å². The van der Waals surface area contributed by atoms with E-state index in [0.717, 1.165) is 5.56 Å². The van der Waals surface area contributed by atoms with Gasteiger partial charge in [0.05, 0.1) is 0 Å². The molecule has 0 unspecified atom stereocenters. The van der Waals surface area contributed by atoms with E-state index in [1.54, 1.807) is 7.11 Å². The van der Waals surface area contributed by atoms with Crippen LogP contribution < -0.4 is 5.32 Å². The lowest BCUT2D eigenvalue weighted by Gasteiger charge is -2.37. The third kappa shape index (κ3) is 3.96. The molecule has 1 heterocycles. The fourth-order valence-corrected chi connectivity index (χ4v) is 3.13. The summed E-state index contributed by atoms with van der Waals surface area (Å²) < 4.78 is 5.60. The van der Waals surface area contributed by atoms with Gasteiger partial charge in [0.1, 0.15) is 0 Å². The molecule has 2 rings (SSSR count). The van der Waals surface area contributed by atoms with Crippen LogP contribution in [0.15, 0.2) is 30.3 Å². The van der Waals surface area contributed by atoms with Crippen molar-refractivity contribution in [3.05, 3.63) is 35.9 Å². The molecule has 0 aliphatic carbocycles. The standard InChI is InChI=1S/C19H28N2O3/c1-14(2)20-17(22)15-10-12-21(13-11-15)18(23)19(3,24-4)16-8-6-5-7-9-16/h5-9,14-15H,10-13H2,1-4H3,(H,20,22)/t19-/m1/s1. The van der Waals surface area contributed by atoms with Crippen molar-refractivity contribution in [3.63, 3.8) is 0 Å². The Kier molecular flexibility index (Phi) is 5.99. The Labute approximate surface area is 144 Å². The molecule has 2 amide bonds. The molecule has 0 bridgehead atoms. The topological polar surface area (TPSA) is 58.6 Å². The maximum atomic E-state index is 13.0. The van der Waals surface area contributed by atoms with Crippen LogP contribution in [0.5, 0.6) is 0 Å². The van der Waals surface area contributed by atoms with Gasteiger partial charge in [-0.25, -0.2) is 0 Å². The number of amides is 2. The summed E-state index contributed by atoms with van der Waals surface area (Å²) in [5.41, 5.74) is -0.147. The minimum atomic E-state index is -0.992. The van der Waals surface area contributed by atoms with Crippen LogP contribution in [0.1, 0.15) is 39.2 Å². The number of benzene rings is 1. The highest BCUT2D eigenvalue weighted by Crippen LogP contribution is 2.29. The van der Waals surface area contributed by atoms with Gasteiger partial charge in [0.2, 0.25) is 5.91 Å². The van der Waals surface area contributed by atoms with E-state index in [0.29, 0.717) is 25.9 Å². The number of hydrogen-bond acceptors (Lipinski definition) is 3. The Morgan fingerprint density at radius 1 is 1.21 bits per heavy atom. The Hall–Kier alpha value is -1.88. The zero-order valence-corrected chi connectivity index (χ0v) is 15.0. The minimum Gasteiger partial charge on any atom is -0.364 e. The van der Waals surface area contributed by atoms with E-state index >= 15 is 0 Å². The third-order valence-electron chi connectivity index (χ3n) is 4.72. The largest absolute Gasteiger partial charge is 0.364 e. The number of methoxy groups -OCH3 is 1. The van der Waals surface area contributed by atoms with Crippen LogP contribution in [-0.2, 0) is 19.9 Å².